The van der Waals surface area contributed by atoms with Crippen molar-refractivity contribution in [2.45, 2.75) is 25.3 Å². The molecular formula is C13H18N2O2. The van der Waals surface area contributed by atoms with E-state index in [2.05, 4.69) is 10.6 Å². The molecule has 0 spiro atoms. The van der Waals surface area contributed by atoms with Crippen LogP contribution in [0.25, 0.3) is 0 Å². The third kappa shape index (κ3) is 3.46. The highest BCUT2D eigenvalue weighted by atomic mass is 16.5. The molecule has 2 rings (SSSR count). The minimum Gasteiger partial charge on any atom is -0.382 e. The molecule has 1 fully saturated rings. The Hall–Kier alpha value is -1.55. The topological polar surface area (TPSA) is 50.4 Å². The van der Waals surface area contributed by atoms with Crippen molar-refractivity contribution in [1.29, 1.82) is 0 Å². The number of methoxy groups -OCH3 is 1. The zero-order chi connectivity index (χ0) is 12.1. The quantitative estimate of drug-likeness (QED) is 0.821. The van der Waals surface area contributed by atoms with E-state index in [1.54, 1.807) is 0 Å². The fourth-order valence-electron chi connectivity index (χ4n) is 1.77. The third-order valence-electron chi connectivity index (χ3n) is 2.92. The van der Waals surface area contributed by atoms with E-state index in [-0.39, 0.29) is 12.5 Å². The molecule has 1 saturated carbocycles. The van der Waals surface area contributed by atoms with Crippen LogP contribution in [0.5, 0.6) is 0 Å². The molecule has 92 valence electrons. The first kappa shape index (κ1) is 11.9. The van der Waals surface area contributed by atoms with Crippen LogP contribution in [0.1, 0.15) is 19.3 Å². The van der Waals surface area contributed by atoms with Gasteiger partial charge in [0.1, 0.15) is 6.61 Å². The van der Waals surface area contributed by atoms with Crippen molar-refractivity contribution in [1.82, 2.24) is 0 Å². The Morgan fingerprint density at radius 3 is 2.47 bits per heavy atom. The van der Waals surface area contributed by atoms with Crippen LogP contribution < -0.4 is 10.6 Å². The molecule has 0 aromatic heterocycles. The van der Waals surface area contributed by atoms with Crippen LogP contribution in [0, 0.1) is 0 Å². The summed E-state index contributed by atoms with van der Waals surface area (Å²) < 4.78 is 4.75. The molecule has 1 aliphatic carbocycles. The Morgan fingerprint density at radius 1 is 1.29 bits per heavy atom. The van der Waals surface area contributed by atoms with Gasteiger partial charge in [0.25, 0.3) is 0 Å². The van der Waals surface area contributed by atoms with E-state index in [1.165, 1.54) is 26.4 Å². The highest BCUT2D eigenvalue weighted by Gasteiger charge is 2.16. The predicted octanol–water partition coefficient (Wildman–Crippen LogP) is 2.24. The molecule has 0 unspecified atom stereocenters. The molecule has 17 heavy (non-hydrogen) atoms. The predicted molar refractivity (Wildman–Crippen MR) is 68.2 cm³/mol. The summed E-state index contributed by atoms with van der Waals surface area (Å²) in [5, 5.41) is 6.21. The second kappa shape index (κ2) is 5.68. The third-order valence-corrected chi connectivity index (χ3v) is 2.92. The number of amides is 1. The number of hydrogen-bond acceptors (Lipinski definition) is 3. The Balaban J connectivity index is 1.86. The molecule has 4 heteroatoms. The maximum Gasteiger partial charge on any atom is 0.250 e. The van der Waals surface area contributed by atoms with Crippen molar-refractivity contribution in [3.63, 3.8) is 0 Å². The molecule has 4 nitrogen and oxygen atoms in total. The first-order valence-electron chi connectivity index (χ1n) is 5.93. The minimum atomic E-state index is -0.132. The highest BCUT2D eigenvalue weighted by molar-refractivity contribution is 5.91. The number of rotatable bonds is 5. The van der Waals surface area contributed by atoms with Gasteiger partial charge in [0.2, 0.25) is 5.91 Å². The lowest BCUT2D eigenvalue weighted by molar-refractivity contribution is -0.119. The molecule has 1 amide bonds. The number of benzene rings is 1. The van der Waals surface area contributed by atoms with Crippen LogP contribution in [-0.4, -0.2) is 25.7 Å². The van der Waals surface area contributed by atoms with Crippen LogP contribution in [0.15, 0.2) is 24.3 Å². The van der Waals surface area contributed by atoms with Crippen molar-refractivity contribution in [2.75, 3.05) is 24.4 Å². The number of nitrogens with one attached hydrogen (secondary N) is 2. The van der Waals surface area contributed by atoms with E-state index in [0.29, 0.717) is 6.04 Å². The van der Waals surface area contributed by atoms with Crippen LogP contribution >= 0.6 is 0 Å². The molecular weight excluding hydrogens is 216 g/mol. The Labute approximate surface area is 101 Å². The fourth-order valence-corrected chi connectivity index (χ4v) is 1.77. The van der Waals surface area contributed by atoms with Gasteiger partial charge in [0.15, 0.2) is 0 Å². The first-order chi connectivity index (χ1) is 8.28. The summed E-state index contributed by atoms with van der Waals surface area (Å²) in [5.41, 5.74) is 1.91. The van der Waals surface area contributed by atoms with E-state index >= 15 is 0 Å². The van der Waals surface area contributed by atoms with Gasteiger partial charge in [0.05, 0.1) is 0 Å². The van der Waals surface area contributed by atoms with Gasteiger partial charge >= 0.3 is 0 Å². The van der Waals surface area contributed by atoms with Crippen molar-refractivity contribution >= 4 is 17.3 Å². The Bertz CT molecular complexity index is 372. The molecule has 0 atom stereocenters. The van der Waals surface area contributed by atoms with Gasteiger partial charge in [0, 0.05) is 24.5 Å². The molecule has 2 N–H and O–H groups in total. The number of carbonyl (C=O) groups is 1. The summed E-state index contributed by atoms with van der Waals surface area (Å²) in [6.07, 6.45) is 3.83. The molecule has 0 radical (unpaired) electrons. The van der Waals surface area contributed by atoms with Gasteiger partial charge in [-0.2, -0.15) is 0 Å². The van der Waals surface area contributed by atoms with Gasteiger partial charge in [-0.05, 0) is 43.5 Å². The number of ether oxygens (including phenoxy) is 1. The highest BCUT2D eigenvalue weighted by Crippen LogP contribution is 2.23. The van der Waals surface area contributed by atoms with Crippen LogP contribution in [0.2, 0.25) is 0 Å². The molecule has 1 aromatic carbocycles. The summed E-state index contributed by atoms with van der Waals surface area (Å²) in [5.74, 6) is -0.132. The summed E-state index contributed by atoms with van der Waals surface area (Å²) >= 11 is 0. The molecule has 0 saturated heterocycles. The smallest absolute Gasteiger partial charge is 0.250 e. The van der Waals surface area contributed by atoms with Crippen molar-refractivity contribution in [3.05, 3.63) is 24.3 Å². The van der Waals surface area contributed by atoms with E-state index in [9.17, 15) is 4.79 Å². The Kier molecular flexibility index (Phi) is 3.98. The lowest BCUT2D eigenvalue weighted by Crippen LogP contribution is -2.26. The number of hydrogen-bond donors (Lipinski definition) is 2. The van der Waals surface area contributed by atoms with Gasteiger partial charge in [-0.3, -0.25) is 4.79 Å². The zero-order valence-corrected chi connectivity index (χ0v) is 10.0. The van der Waals surface area contributed by atoms with E-state index in [1.807, 2.05) is 24.3 Å². The maximum absolute atomic E-state index is 11.3. The van der Waals surface area contributed by atoms with Crippen molar-refractivity contribution < 1.29 is 9.53 Å². The zero-order valence-electron chi connectivity index (χ0n) is 10.0. The van der Waals surface area contributed by atoms with Crippen LogP contribution in [0.4, 0.5) is 11.4 Å². The normalized spacial score (nSPS) is 15.1. The number of anilines is 2. The lowest BCUT2D eigenvalue weighted by Gasteiger charge is -2.27. The molecule has 1 aromatic rings. The van der Waals surface area contributed by atoms with Gasteiger partial charge < -0.3 is 15.4 Å². The van der Waals surface area contributed by atoms with Crippen molar-refractivity contribution in [2.24, 2.45) is 0 Å². The second-order valence-corrected chi connectivity index (χ2v) is 4.33. The van der Waals surface area contributed by atoms with Gasteiger partial charge in [-0.1, -0.05) is 0 Å². The van der Waals surface area contributed by atoms with Crippen LogP contribution in [-0.2, 0) is 9.53 Å². The standard InChI is InChI=1S/C13H18N2O2/c1-17-9-13(16)15-12-7-5-11(6-8-12)14-10-3-2-4-10/h5-8,10,14H,2-4,9H2,1H3,(H,15,16). The van der Waals surface area contributed by atoms with E-state index in [0.717, 1.165) is 11.4 Å². The summed E-state index contributed by atoms with van der Waals surface area (Å²) in [6.45, 7) is 0.0854. The molecule has 0 bridgehead atoms. The summed E-state index contributed by atoms with van der Waals surface area (Å²) in [4.78, 5) is 11.3. The summed E-state index contributed by atoms with van der Waals surface area (Å²) in [7, 11) is 1.51. The largest absolute Gasteiger partial charge is 0.382 e. The lowest BCUT2D eigenvalue weighted by atomic mass is 9.93. The first-order valence-corrected chi connectivity index (χ1v) is 5.93. The Morgan fingerprint density at radius 2 is 1.94 bits per heavy atom. The van der Waals surface area contributed by atoms with Crippen LogP contribution in [0.3, 0.4) is 0 Å². The van der Waals surface area contributed by atoms with E-state index in [4.69, 9.17) is 4.74 Å². The summed E-state index contributed by atoms with van der Waals surface area (Å²) in [6, 6.07) is 8.40. The number of carbonyl (C=O) groups excluding carboxylic acids is 1. The fraction of sp³-hybridized carbons (Fsp3) is 0.462. The van der Waals surface area contributed by atoms with Gasteiger partial charge in [-0.15, -0.1) is 0 Å². The monoisotopic (exact) mass is 234 g/mol. The maximum atomic E-state index is 11.3. The second-order valence-electron chi connectivity index (χ2n) is 4.33. The average Bonchev–Trinajstić information content (AvgIpc) is 2.26. The van der Waals surface area contributed by atoms with Crippen molar-refractivity contribution in [3.8, 4) is 0 Å². The molecule has 0 aliphatic heterocycles. The molecule has 0 heterocycles. The van der Waals surface area contributed by atoms with Gasteiger partial charge in [-0.25, -0.2) is 0 Å². The minimum absolute atomic E-state index is 0.0854. The molecule has 1 aliphatic rings. The average molecular weight is 234 g/mol. The SMILES string of the molecule is COCC(=O)Nc1ccc(NC2CCC2)cc1. The van der Waals surface area contributed by atoms with E-state index < -0.39 is 0 Å².